The first kappa shape index (κ1) is 18.1. The molecule has 23 heavy (non-hydrogen) atoms. The number of hydrogen-bond acceptors (Lipinski definition) is 3. The molecular formula is C19H27NO2S. The average molecular weight is 333 g/mol. The summed E-state index contributed by atoms with van der Waals surface area (Å²) in [6, 6.07) is 8.14. The molecule has 1 saturated heterocycles. The summed E-state index contributed by atoms with van der Waals surface area (Å²) in [7, 11) is 0. The van der Waals surface area contributed by atoms with Crippen LogP contribution in [0.3, 0.4) is 0 Å². The zero-order chi connectivity index (χ0) is 16.5. The summed E-state index contributed by atoms with van der Waals surface area (Å²) in [6.07, 6.45) is 10.8. The number of hydrogen-bond donors (Lipinski definition) is 0. The van der Waals surface area contributed by atoms with E-state index in [1.54, 1.807) is 0 Å². The highest BCUT2D eigenvalue weighted by Gasteiger charge is 2.30. The topological polar surface area (TPSA) is 37.4 Å². The van der Waals surface area contributed by atoms with Gasteiger partial charge in [-0.15, -0.1) is 0 Å². The maximum absolute atomic E-state index is 11.8. The zero-order valence-electron chi connectivity index (χ0n) is 14.1. The summed E-state index contributed by atoms with van der Waals surface area (Å²) in [5, 5.41) is 0. The van der Waals surface area contributed by atoms with Crippen molar-refractivity contribution in [3.8, 4) is 0 Å². The van der Waals surface area contributed by atoms with Crippen LogP contribution in [-0.4, -0.2) is 16.1 Å². The molecule has 0 unspecified atom stereocenters. The molecule has 0 aliphatic carbocycles. The van der Waals surface area contributed by atoms with Gasteiger partial charge in [0.15, 0.2) is 0 Å². The molecule has 3 nitrogen and oxygen atoms in total. The quantitative estimate of drug-likeness (QED) is 0.338. The number of imide groups is 1. The van der Waals surface area contributed by atoms with E-state index in [1.165, 1.54) is 66.8 Å². The first-order valence-electron chi connectivity index (χ1n) is 8.84. The molecule has 1 aliphatic heterocycles. The van der Waals surface area contributed by atoms with Gasteiger partial charge in [0.05, 0.1) is 0 Å². The summed E-state index contributed by atoms with van der Waals surface area (Å²) in [5.74, 6) is -0.128. The maximum Gasteiger partial charge on any atom is 0.240 e. The Morgan fingerprint density at radius 1 is 0.913 bits per heavy atom. The lowest BCUT2D eigenvalue weighted by atomic mass is 10.0. The highest BCUT2D eigenvalue weighted by Crippen LogP contribution is 2.31. The van der Waals surface area contributed by atoms with Gasteiger partial charge in [0.2, 0.25) is 11.8 Å². The number of benzene rings is 1. The lowest BCUT2D eigenvalue weighted by molar-refractivity contribution is -0.131. The molecule has 1 heterocycles. The van der Waals surface area contributed by atoms with Crippen LogP contribution in [0.15, 0.2) is 29.2 Å². The van der Waals surface area contributed by atoms with Crippen molar-refractivity contribution in [3.63, 3.8) is 0 Å². The SMILES string of the molecule is CCCCCCCCCc1ccccc1SN1C(=O)CCC1=O. The Morgan fingerprint density at radius 2 is 1.52 bits per heavy atom. The van der Waals surface area contributed by atoms with Gasteiger partial charge in [-0.05, 0) is 36.4 Å². The number of unbranched alkanes of at least 4 members (excludes halogenated alkanes) is 6. The van der Waals surface area contributed by atoms with E-state index >= 15 is 0 Å². The van der Waals surface area contributed by atoms with Crippen LogP contribution in [0.2, 0.25) is 0 Å². The molecule has 0 radical (unpaired) electrons. The number of aryl methyl sites for hydroxylation is 1. The van der Waals surface area contributed by atoms with Gasteiger partial charge in [0, 0.05) is 17.7 Å². The first-order valence-corrected chi connectivity index (χ1v) is 9.61. The third kappa shape index (κ3) is 5.69. The summed E-state index contributed by atoms with van der Waals surface area (Å²) < 4.78 is 1.34. The molecule has 4 heteroatoms. The highest BCUT2D eigenvalue weighted by atomic mass is 32.2. The van der Waals surface area contributed by atoms with E-state index in [9.17, 15) is 9.59 Å². The molecule has 1 fully saturated rings. The predicted octanol–water partition coefficient (Wildman–Crippen LogP) is 5.14. The molecule has 0 aromatic heterocycles. The van der Waals surface area contributed by atoms with Gasteiger partial charge in [-0.1, -0.05) is 63.6 Å². The fraction of sp³-hybridized carbons (Fsp3) is 0.579. The summed E-state index contributed by atoms with van der Waals surface area (Å²) in [5.41, 5.74) is 1.25. The number of carbonyl (C=O) groups is 2. The summed E-state index contributed by atoms with van der Waals surface area (Å²) in [6.45, 7) is 2.24. The van der Waals surface area contributed by atoms with Crippen LogP contribution in [0.1, 0.15) is 70.3 Å². The van der Waals surface area contributed by atoms with Crippen molar-refractivity contribution in [2.45, 2.75) is 76.0 Å². The molecule has 0 atom stereocenters. The van der Waals surface area contributed by atoms with Gasteiger partial charge in [-0.2, -0.15) is 0 Å². The van der Waals surface area contributed by atoms with Crippen molar-refractivity contribution in [3.05, 3.63) is 29.8 Å². The van der Waals surface area contributed by atoms with E-state index in [1.807, 2.05) is 18.2 Å². The number of nitrogens with zero attached hydrogens (tertiary/aromatic N) is 1. The molecule has 1 aliphatic rings. The molecule has 0 N–H and O–H groups in total. The molecule has 0 saturated carbocycles. The maximum atomic E-state index is 11.8. The lowest BCUT2D eigenvalue weighted by Gasteiger charge is -2.15. The second kappa shape index (κ2) is 9.76. The summed E-state index contributed by atoms with van der Waals surface area (Å²) >= 11 is 1.30. The fourth-order valence-electron chi connectivity index (χ4n) is 2.83. The van der Waals surface area contributed by atoms with Crippen LogP contribution in [-0.2, 0) is 16.0 Å². The van der Waals surface area contributed by atoms with Crippen LogP contribution in [0.25, 0.3) is 0 Å². The van der Waals surface area contributed by atoms with Gasteiger partial charge in [-0.25, -0.2) is 4.31 Å². The van der Waals surface area contributed by atoms with E-state index in [0.717, 1.165) is 11.3 Å². The Hall–Kier alpha value is -1.29. The fourth-order valence-corrected chi connectivity index (χ4v) is 3.84. The van der Waals surface area contributed by atoms with Gasteiger partial charge < -0.3 is 0 Å². The van der Waals surface area contributed by atoms with Crippen molar-refractivity contribution in [2.75, 3.05) is 0 Å². The number of rotatable bonds is 10. The van der Waals surface area contributed by atoms with Crippen LogP contribution in [0, 0.1) is 0 Å². The highest BCUT2D eigenvalue weighted by molar-refractivity contribution is 7.98. The molecule has 1 aromatic rings. The van der Waals surface area contributed by atoms with E-state index in [-0.39, 0.29) is 11.8 Å². The smallest absolute Gasteiger partial charge is 0.240 e. The van der Waals surface area contributed by atoms with Crippen LogP contribution >= 0.6 is 11.9 Å². The molecule has 0 spiro atoms. The van der Waals surface area contributed by atoms with E-state index < -0.39 is 0 Å². The Balaban J connectivity index is 1.81. The molecule has 2 rings (SSSR count). The van der Waals surface area contributed by atoms with Crippen molar-refractivity contribution >= 4 is 23.8 Å². The lowest BCUT2D eigenvalue weighted by Crippen LogP contribution is -2.21. The van der Waals surface area contributed by atoms with Crippen LogP contribution in [0.4, 0.5) is 0 Å². The minimum Gasteiger partial charge on any atom is -0.273 e. The average Bonchev–Trinajstić information content (AvgIpc) is 2.87. The van der Waals surface area contributed by atoms with Gasteiger partial charge in [0.1, 0.15) is 0 Å². The second-order valence-electron chi connectivity index (χ2n) is 6.15. The van der Waals surface area contributed by atoms with Crippen molar-refractivity contribution in [1.29, 1.82) is 0 Å². The second-order valence-corrected chi connectivity index (χ2v) is 7.14. The van der Waals surface area contributed by atoms with Crippen LogP contribution in [0.5, 0.6) is 0 Å². The standard InChI is InChI=1S/C19H27NO2S/c1-2-3-4-5-6-7-8-11-16-12-9-10-13-17(16)23-20-18(21)14-15-19(20)22/h9-10,12-13H,2-8,11,14-15H2,1H3. The van der Waals surface area contributed by atoms with Crippen molar-refractivity contribution in [2.24, 2.45) is 0 Å². The predicted molar refractivity (Wildman–Crippen MR) is 95.1 cm³/mol. The van der Waals surface area contributed by atoms with Crippen molar-refractivity contribution in [1.82, 2.24) is 4.31 Å². The van der Waals surface area contributed by atoms with E-state index in [2.05, 4.69) is 13.0 Å². The van der Waals surface area contributed by atoms with Crippen LogP contribution < -0.4 is 0 Å². The normalized spacial score (nSPS) is 14.7. The molecule has 0 bridgehead atoms. The summed E-state index contributed by atoms with van der Waals surface area (Å²) in [4.78, 5) is 24.6. The first-order chi connectivity index (χ1) is 11.2. The third-order valence-corrected chi connectivity index (χ3v) is 5.40. The Morgan fingerprint density at radius 3 is 2.22 bits per heavy atom. The van der Waals surface area contributed by atoms with Gasteiger partial charge in [0.25, 0.3) is 0 Å². The van der Waals surface area contributed by atoms with Gasteiger partial charge in [-0.3, -0.25) is 9.59 Å². The molecule has 126 valence electrons. The third-order valence-electron chi connectivity index (χ3n) is 4.22. The molecular weight excluding hydrogens is 306 g/mol. The van der Waals surface area contributed by atoms with E-state index in [0.29, 0.717) is 12.8 Å². The largest absolute Gasteiger partial charge is 0.273 e. The number of carbonyl (C=O) groups excluding carboxylic acids is 2. The minimum absolute atomic E-state index is 0.0641. The molecule has 2 amide bonds. The van der Waals surface area contributed by atoms with Gasteiger partial charge >= 0.3 is 0 Å². The Bertz CT molecular complexity index is 514. The zero-order valence-corrected chi connectivity index (χ0v) is 14.9. The Labute approximate surface area is 144 Å². The molecule has 1 aromatic carbocycles. The van der Waals surface area contributed by atoms with Crippen molar-refractivity contribution < 1.29 is 9.59 Å². The van der Waals surface area contributed by atoms with E-state index in [4.69, 9.17) is 0 Å². The minimum atomic E-state index is -0.0641. The monoisotopic (exact) mass is 333 g/mol. The Kier molecular flexibility index (Phi) is 7.66. The number of amides is 2.